The number of hydrogen-bond acceptors (Lipinski definition) is 2. The van der Waals surface area contributed by atoms with Crippen molar-refractivity contribution >= 4 is 6.03 Å². The minimum atomic E-state index is -0.0877. The molecular weight excluding hydrogens is 228 g/mol. The Morgan fingerprint density at radius 2 is 2.17 bits per heavy atom. The van der Waals surface area contributed by atoms with Gasteiger partial charge in [-0.05, 0) is 31.1 Å². The summed E-state index contributed by atoms with van der Waals surface area (Å²) in [6.45, 7) is 6.59. The minimum absolute atomic E-state index is 0.0710. The van der Waals surface area contributed by atoms with E-state index in [2.05, 4.69) is 24.5 Å². The molecule has 1 fully saturated rings. The van der Waals surface area contributed by atoms with Crippen LogP contribution in [0.2, 0.25) is 0 Å². The Balaban J connectivity index is 2.43. The first kappa shape index (κ1) is 15.3. The van der Waals surface area contributed by atoms with E-state index in [1.807, 2.05) is 6.92 Å². The van der Waals surface area contributed by atoms with Crippen LogP contribution in [0.5, 0.6) is 0 Å². The molecule has 0 radical (unpaired) electrons. The second kappa shape index (κ2) is 6.98. The summed E-state index contributed by atoms with van der Waals surface area (Å²) in [7, 11) is 0. The fraction of sp³-hybridized carbons (Fsp3) is 0.929. The van der Waals surface area contributed by atoms with Gasteiger partial charge in [0.15, 0.2) is 0 Å². The lowest BCUT2D eigenvalue weighted by Gasteiger charge is -2.39. The van der Waals surface area contributed by atoms with E-state index in [1.165, 1.54) is 19.3 Å². The van der Waals surface area contributed by atoms with Crippen LogP contribution >= 0.6 is 0 Å². The predicted molar refractivity (Wildman–Crippen MR) is 73.5 cm³/mol. The number of urea groups is 1. The van der Waals surface area contributed by atoms with Gasteiger partial charge in [-0.3, -0.25) is 0 Å². The zero-order chi connectivity index (χ0) is 13.6. The number of aliphatic hydroxyl groups excluding tert-OH is 1. The summed E-state index contributed by atoms with van der Waals surface area (Å²) in [5.74, 6) is 0. The summed E-state index contributed by atoms with van der Waals surface area (Å²) in [4.78, 5) is 11.9. The maximum atomic E-state index is 11.9. The molecule has 0 aromatic rings. The largest absolute Gasteiger partial charge is 0.396 e. The average molecular weight is 256 g/mol. The van der Waals surface area contributed by atoms with Crippen molar-refractivity contribution < 1.29 is 9.90 Å². The standard InChI is InChI=1S/C14H28N2O2/c1-4-11(8-10-17)15-13(18)16-12-7-5-6-9-14(12,2)3/h11-12,17H,4-10H2,1-3H3,(H2,15,16,18). The van der Waals surface area contributed by atoms with Crippen molar-refractivity contribution in [3.8, 4) is 0 Å². The van der Waals surface area contributed by atoms with Crippen molar-refractivity contribution in [3.63, 3.8) is 0 Å². The van der Waals surface area contributed by atoms with Gasteiger partial charge in [0, 0.05) is 18.7 Å². The molecule has 3 N–H and O–H groups in total. The second-order valence-corrected chi connectivity index (χ2v) is 6.02. The van der Waals surface area contributed by atoms with Crippen LogP contribution in [0.4, 0.5) is 4.79 Å². The van der Waals surface area contributed by atoms with E-state index in [4.69, 9.17) is 5.11 Å². The second-order valence-electron chi connectivity index (χ2n) is 6.02. The molecule has 0 spiro atoms. The van der Waals surface area contributed by atoms with Gasteiger partial charge >= 0.3 is 6.03 Å². The highest BCUT2D eigenvalue weighted by Crippen LogP contribution is 2.35. The summed E-state index contributed by atoms with van der Waals surface area (Å²) in [6.07, 6.45) is 6.17. The lowest BCUT2D eigenvalue weighted by atomic mass is 9.73. The third kappa shape index (κ3) is 4.48. The third-order valence-corrected chi connectivity index (χ3v) is 4.12. The first-order valence-corrected chi connectivity index (χ1v) is 7.17. The summed E-state index contributed by atoms with van der Waals surface area (Å²) >= 11 is 0. The van der Waals surface area contributed by atoms with Gasteiger partial charge in [-0.1, -0.05) is 33.6 Å². The molecule has 0 aromatic carbocycles. The molecule has 0 aromatic heterocycles. The van der Waals surface area contributed by atoms with Crippen LogP contribution in [0.1, 0.15) is 59.3 Å². The van der Waals surface area contributed by atoms with Crippen molar-refractivity contribution in [1.29, 1.82) is 0 Å². The van der Waals surface area contributed by atoms with Crippen LogP contribution in [-0.4, -0.2) is 29.8 Å². The Kier molecular flexibility index (Phi) is 5.93. The van der Waals surface area contributed by atoms with E-state index in [-0.39, 0.29) is 30.1 Å². The Morgan fingerprint density at radius 1 is 1.44 bits per heavy atom. The molecule has 2 atom stereocenters. The summed E-state index contributed by atoms with van der Waals surface area (Å²) in [5.41, 5.74) is 0.189. The number of hydrogen-bond donors (Lipinski definition) is 3. The molecule has 106 valence electrons. The van der Waals surface area contributed by atoms with Crippen molar-refractivity contribution in [3.05, 3.63) is 0 Å². The Bertz CT molecular complexity index is 267. The van der Waals surface area contributed by atoms with Crippen molar-refractivity contribution in [2.24, 2.45) is 5.41 Å². The summed E-state index contributed by atoms with van der Waals surface area (Å²) in [5, 5.41) is 15.0. The van der Waals surface area contributed by atoms with Gasteiger partial charge in [0.1, 0.15) is 0 Å². The first-order valence-electron chi connectivity index (χ1n) is 7.17. The van der Waals surface area contributed by atoms with E-state index < -0.39 is 0 Å². The fourth-order valence-electron chi connectivity index (χ4n) is 2.68. The lowest BCUT2D eigenvalue weighted by Crippen LogP contribution is -2.52. The Hall–Kier alpha value is -0.770. The van der Waals surface area contributed by atoms with Crippen LogP contribution in [0.15, 0.2) is 0 Å². The Morgan fingerprint density at radius 3 is 2.72 bits per heavy atom. The number of carbonyl (C=O) groups excluding carboxylic acids is 1. The highest BCUT2D eigenvalue weighted by molar-refractivity contribution is 5.74. The van der Waals surface area contributed by atoms with Gasteiger partial charge in [0.25, 0.3) is 0 Å². The van der Waals surface area contributed by atoms with E-state index in [0.717, 1.165) is 12.8 Å². The molecule has 0 bridgehead atoms. The number of amides is 2. The topological polar surface area (TPSA) is 61.4 Å². The molecule has 4 nitrogen and oxygen atoms in total. The molecule has 2 unspecified atom stereocenters. The van der Waals surface area contributed by atoms with Crippen LogP contribution in [0.25, 0.3) is 0 Å². The number of nitrogens with one attached hydrogen (secondary N) is 2. The number of carbonyl (C=O) groups is 1. The molecule has 0 aliphatic heterocycles. The number of rotatable bonds is 5. The zero-order valence-corrected chi connectivity index (χ0v) is 12.0. The molecule has 18 heavy (non-hydrogen) atoms. The SMILES string of the molecule is CCC(CCO)NC(=O)NC1CCCCC1(C)C. The first-order chi connectivity index (χ1) is 8.49. The third-order valence-electron chi connectivity index (χ3n) is 4.12. The minimum Gasteiger partial charge on any atom is -0.396 e. The molecule has 1 aliphatic carbocycles. The van der Waals surface area contributed by atoms with E-state index in [1.54, 1.807) is 0 Å². The van der Waals surface area contributed by atoms with Gasteiger partial charge in [-0.2, -0.15) is 0 Å². The van der Waals surface area contributed by atoms with Crippen molar-refractivity contribution in [2.45, 2.75) is 71.4 Å². The molecular formula is C14H28N2O2. The quantitative estimate of drug-likeness (QED) is 0.707. The molecule has 1 saturated carbocycles. The summed E-state index contributed by atoms with van der Waals surface area (Å²) in [6, 6.07) is 0.245. The fourth-order valence-corrected chi connectivity index (χ4v) is 2.68. The van der Waals surface area contributed by atoms with Crippen LogP contribution in [0, 0.1) is 5.41 Å². The zero-order valence-electron chi connectivity index (χ0n) is 12.0. The maximum absolute atomic E-state index is 11.9. The van der Waals surface area contributed by atoms with E-state index in [9.17, 15) is 4.79 Å². The lowest BCUT2D eigenvalue weighted by molar-refractivity contribution is 0.163. The predicted octanol–water partition coefficient (Wildman–Crippen LogP) is 2.42. The maximum Gasteiger partial charge on any atom is 0.315 e. The van der Waals surface area contributed by atoms with Crippen molar-refractivity contribution in [2.75, 3.05) is 6.61 Å². The van der Waals surface area contributed by atoms with E-state index >= 15 is 0 Å². The highest BCUT2D eigenvalue weighted by atomic mass is 16.3. The smallest absolute Gasteiger partial charge is 0.315 e. The van der Waals surface area contributed by atoms with E-state index in [0.29, 0.717) is 6.42 Å². The molecule has 4 heteroatoms. The monoisotopic (exact) mass is 256 g/mol. The summed E-state index contributed by atoms with van der Waals surface area (Å²) < 4.78 is 0. The average Bonchev–Trinajstić information content (AvgIpc) is 2.31. The molecule has 1 rings (SSSR count). The molecule has 1 aliphatic rings. The number of aliphatic hydroxyl groups is 1. The van der Waals surface area contributed by atoms with Gasteiger partial charge in [-0.25, -0.2) is 4.79 Å². The van der Waals surface area contributed by atoms with Crippen LogP contribution in [0.3, 0.4) is 0 Å². The van der Waals surface area contributed by atoms with Gasteiger partial charge in [-0.15, -0.1) is 0 Å². The molecule has 0 saturated heterocycles. The highest BCUT2D eigenvalue weighted by Gasteiger charge is 2.33. The molecule has 0 heterocycles. The van der Waals surface area contributed by atoms with Crippen LogP contribution in [-0.2, 0) is 0 Å². The normalized spacial score (nSPS) is 24.3. The molecule has 2 amide bonds. The Labute approximate surface area is 111 Å². The van der Waals surface area contributed by atoms with Crippen molar-refractivity contribution in [1.82, 2.24) is 10.6 Å². The van der Waals surface area contributed by atoms with Gasteiger partial charge < -0.3 is 15.7 Å². The van der Waals surface area contributed by atoms with Gasteiger partial charge in [0.2, 0.25) is 0 Å². The van der Waals surface area contributed by atoms with Gasteiger partial charge in [0.05, 0.1) is 0 Å². The van der Waals surface area contributed by atoms with Crippen LogP contribution < -0.4 is 10.6 Å².